The molecule has 0 aliphatic carbocycles. The van der Waals surface area contributed by atoms with Crippen LogP contribution in [0.15, 0.2) is 57.7 Å². The Kier molecular flexibility index (Phi) is 4.02. The largest absolute Gasteiger partial charge is 0.419 e. The highest BCUT2D eigenvalue weighted by Gasteiger charge is 2.12. The van der Waals surface area contributed by atoms with Crippen molar-refractivity contribution in [2.75, 3.05) is 5.32 Å². The molecule has 1 aromatic heterocycles. The monoisotopic (exact) mass is 310 g/mol. The van der Waals surface area contributed by atoms with Crippen LogP contribution in [0.5, 0.6) is 0 Å². The second-order valence-electron chi connectivity index (χ2n) is 5.67. The quantitative estimate of drug-likeness (QED) is 0.804. The molecule has 118 valence electrons. The molecule has 5 nitrogen and oxygen atoms in total. The van der Waals surface area contributed by atoms with Crippen LogP contribution in [0.25, 0.3) is 11.1 Å². The maximum Gasteiger partial charge on any atom is 0.419 e. The van der Waals surface area contributed by atoms with Crippen LogP contribution in [0.2, 0.25) is 0 Å². The summed E-state index contributed by atoms with van der Waals surface area (Å²) in [4.78, 5) is 23.7. The molecule has 2 aromatic carbocycles. The Labute approximate surface area is 133 Å². The van der Waals surface area contributed by atoms with Crippen molar-refractivity contribution in [2.45, 2.75) is 19.3 Å². The van der Waals surface area contributed by atoms with E-state index in [2.05, 4.69) is 5.32 Å². The molecular formula is C18H18N2O3. The van der Waals surface area contributed by atoms with Gasteiger partial charge >= 0.3 is 5.76 Å². The van der Waals surface area contributed by atoms with E-state index < -0.39 is 5.76 Å². The van der Waals surface area contributed by atoms with E-state index in [0.29, 0.717) is 23.2 Å². The van der Waals surface area contributed by atoms with E-state index in [0.717, 1.165) is 5.56 Å². The molecule has 0 radical (unpaired) electrons. The Morgan fingerprint density at radius 1 is 1.22 bits per heavy atom. The van der Waals surface area contributed by atoms with Gasteiger partial charge in [0, 0.05) is 19.2 Å². The van der Waals surface area contributed by atoms with Crippen LogP contribution in [-0.2, 0) is 11.8 Å². The Hall–Kier alpha value is -2.82. The number of benzene rings is 2. The second-order valence-corrected chi connectivity index (χ2v) is 5.67. The van der Waals surface area contributed by atoms with Gasteiger partial charge in [0.05, 0.1) is 5.52 Å². The average Bonchev–Trinajstić information content (AvgIpc) is 2.83. The van der Waals surface area contributed by atoms with E-state index >= 15 is 0 Å². The lowest BCUT2D eigenvalue weighted by molar-refractivity contribution is -0.116. The van der Waals surface area contributed by atoms with Crippen molar-refractivity contribution in [1.82, 2.24) is 4.57 Å². The van der Waals surface area contributed by atoms with Crippen molar-refractivity contribution in [2.24, 2.45) is 7.05 Å². The molecule has 1 N–H and O–H groups in total. The van der Waals surface area contributed by atoms with E-state index in [1.54, 1.807) is 25.2 Å². The molecule has 3 rings (SSSR count). The van der Waals surface area contributed by atoms with Gasteiger partial charge in [-0.3, -0.25) is 9.36 Å². The molecule has 5 heteroatoms. The summed E-state index contributed by atoms with van der Waals surface area (Å²) in [5, 5.41) is 2.88. The number of amides is 1. The molecule has 3 aromatic rings. The third-order valence-electron chi connectivity index (χ3n) is 3.94. The van der Waals surface area contributed by atoms with Gasteiger partial charge in [-0.2, -0.15) is 0 Å². The maximum atomic E-state index is 12.2. The minimum atomic E-state index is -0.416. The number of nitrogens with one attached hydrogen (secondary N) is 1. The number of carbonyl (C=O) groups is 1. The van der Waals surface area contributed by atoms with Crippen LogP contribution < -0.4 is 11.1 Å². The van der Waals surface area contributed by atoms with Crippen molar-refractivity contribution in [1.29, 1.82) is 0 Å². The number of rotatable bonds is 4. The lowest BCUT2D eigenvalue weighted by Crippen LogP contribution is -2.14. The highest BCUT2D eigenvalue weighted by Crippen LogP contribution is 2.21. The van der Waals surface area contributed by atoms with Gasteiger partial charge in [0.1, 0.15) is 0 Å². The first-order valence-electron chi connectivity index (χ1n) is 7.49. The summed E-state index contributed by atoms with van der Waals surface area (Å²) in [5.74, 6) is -0.339. The van der Waals surface area contributed by atoms with Gasteiger partial charge in [-0.15, -0.1) is 0 Å². The Balaban J connectivity index is 1.73. The fraction of sp³-hybridized carbons (Fsp3) is 0.222. The number of nitrogens with zero attached hydrogens (tertiary/aromatic N) is 1. The molecule has 0 saturated carbocycles. The molecule has 0 spiro atoms. The van der Waals surface area contributed by atoms with Crippen LogP contribution >= 0.6 is 0 Å². The SMILES string of the molecule is CC(CC(=O)Nc1ccc2oc(=O)n(C)c2c1)c1ccccc1. The summed E-state index contributed by atoms with van der Waals surface area (Å²) in [6.07, 6.45) is 0.395. The molecule has 0 aliphatic rings. The lowest BCUT2D eigenvalue weighted by atomic mass is 9.97. The van der Waals surface area contributed by atoms with Crippen LogP contribution in [0.4, 0.5) is 5.69 Å². The number of oxazole rings is 1. The van der Waals surface area contributed by atoms with Gasteiger partial charge in [0.25, 0.3) is 0 Å². The van der Waals surface area contributed by atoms with E-state index in [1.165, 1.54) is 4.57 Å². The number of aromatic nitrogens is 1. The van der Waals surface area contributed by atoms with Gasteiger partial charge in [0.15, 0.2) is 5.58 Å². The van der Waals surface area contributed by atoms with E-state index in [4.69, 9.17) is 4.42 Å². The zero-order chi connectivity index (χ0) is 16.4. The van der Waals surface area contributed by atoms with E-state index in [9.17, 15) is 9.59 Å². The highest BCUT2D eigenvalue weighted by atomic mass is 16.4. The summed E-state index contributed by atoms with van der Waals surface area (Å²) in [6.45, 7) is 2.03. The molecule has 0 bridgehead atoms. The van der Waals surface area contributed by atoms with Crippen molar-refractivity contribution in [3.05, 3.63) is 64.6 Å². The van der Waals surface area contributed by atoms with Gasteiger partial charge in [0.2, 0.25) is 5.91 Å². The predicted molar refractivity (Wildman–Crippen MR) is 89.6 cm³/mol. The maximum absolute atomic E-state index is 12.2. The molecule has 0 aliphatic heterocycles. The average molecular weight is 310 g/mol. The van der Waals surface area contributed by atoms with Gasteiger partial charge in [-0.05, 0) is 29.7 Å². The normalized spacial score (nSPS) is 12.3. The minimum Gasteiger partial charge on any atom is -0.408 e. The summed E-state index contributed by atoms with van der Waals surface area (Å²) < 4.78 is 6.49. The molecule has 0 saturated heterocycles. The molecule has 1 unspecified atom stereocenters. The van der Waals surface area contributed by atoms with Crippen LogP contribution in [0.1, 0.15) is 24.8 Å². The molecule has 1 amide bonds. The Morgan fingerprint density at radius 3 is 2.70 bits per heavy atom. The first kappa shape index (κ1) is 15.1. The summed E-state index contributed by atoms with van der Waals surface area (Å²) in [7, 11) is 1.64. The molecule has 0 fully saturated rings. The van der Waals surface area contributed by atoms with Crippen LogP contribution in [0, 0.1) is 0 Å². The summed E-state index contributed by atoms with van der Waals surface area (Å²) in [6, 6.07) is 15.1. The van der Waals surface area contributed by atoms with Gasteiger partial charge < -0.3 is 9.73 Å². The number of hydrogen-bond donors (Lipinski definition) is 1. The van der Waals surface area contributed by atoms with Crippen molar-refractivity contribution in [3.8, 4) is 0 Å². The standard InChI is InChI=1S/C18H18N2O3/c1-12(13-6-4-3-5-7-13)10-17(21)19-14-8-9-16-15(11-14)20(2)18(22)23-16/h3-9,11-12H,10H2,1-2H3,(H,19,21). The van der Waals surface area contributed by atoms with Crippen LogP contribution in [0.3, 0.4) is 0 Å². The number of carbonyl (C=O) groups excluding carboxylic acids is 1. The van der Waals surface area contributed by atoms with Crippen molar-refractivity contribution < 1.29 is 9.21 Å². The number of aryl methyl sites for hydroxylation is 1. The Bertz CT molecular complexity index is 894. The molecule has 1 atom stereocenters. The highest BCUT2D eigenvalue weighted by molar-refractivity contribution is 5.93. The first-order chi connectivity index (χ1) is 11.0. The Morgan fingerprint density at radius 2 is 1.96 bits per heavy atom. The fourth-order valence-corrected chi connectivity index (χ4v) is 2.59. The topological polar surface area (TPSA) is 64.2 Å². The first-order valence-corrected chi connectivity index (χ1v) is 7.49. The fourth-order valence-electron chi connectivity index (χ4n) is 2.59. The third kappa shape index (κ3) is 3.18. The van der Waals surface area contributed by atoms with Crippen molar-refractivity contribution >= 4 is 22.7 Å². The molecular weight excluding hydrogens is 292 g/mol. The van der Waals surface area contributed by atoms with E-state index in [1.807, 2.05) is 37.3 Å². The third-order valence-corrected chi connectivity index (χ3v) is 3.94. The minimum absolute atomic E-state index is 0.0609. The van der Waals surface area contributed by atoms with Crippen molar-refractivity contribution in [3.63, 3.8) is 0 Å². The van der Waals surface area contributed by atoms with Gasteiger partial charge in [-0.1, -0.05) is 37.3 Å². The van der Waals surface area contributed by atoms with E-state index in [-0.39, 0.29) is 11.8 Å². The smallest absolute Gasteiger partial charge is 0.408 e. The number of anilines is 1. The number of fused-ring (bicyclic) bond motifs is 1. The zero-order valence-electron chi connectivity index (χ0n) is 13.1. The lowest BCUT2D eigenvalue weighted by Gasteiger charge is -2.12. The van der Waals surface area contributed by atoms with Gasteiger partial charge in [-0.25, -0.2) is 4.79 Å². The zero-order valence-corrected chi connectivity index (χ0v) is 13.1. The molecule has 23 heavy (non-hydrogen) atoms. The summed E-state index contributed by atoms with van der Waals surface area (Å²) in [5.41, 5.74) is 2.95. The number of hydrogen-bond acceptors (Lipinski definition) is 3. The predicted octanol–water partition coefficient (Wildman–Crippen LogP) is 3.26. The molecule has 1 heterocycles. The summed E-state index contributed by atoms with van der Waals surface area (Å²) >= 11 is 0. The second kappa shape index (κ2) is 6.12. The van der Waals surface area contributed by atoms with Crippen LogP contribution in [-0.4, -0.2) is 10.5 Å².